The molecule has 0 N–H and O–H groups in total. The number of rotatable bonds is 2. The minimum absolute atomic E-state index is 0.130. The number of hydrogen-bond acceptors (Lipinski definition) is 1. The van der Waals surface area contributed by atoms with E-state index in [1.165, 1.54) is 5.46 Å². The number of halogens is 1. The zero-order valence-electron chi connectivity index (χ0n) is 6.30. The van der Waals surface area contributed by atoms with E-state index in [1.54, 1.807) is 0 Å². The Hall–Kier alpha value is -0.565. The van der Waals surface area contributed by atoms with Gasteiger partial charge in [-0.2, -0.15) is 0 Å². The predicted octanol–water partition coefficient (Wildman–Crippen LogP) is 0.523. The van der Waals surface area contributed by atoms with Gasteiger partial charge in [-0.05, 0) is 0 Å². The van der Waals surface area contributed by atoms with Crippen LogP contribution in [0.5, 0.6) is 0 Å². The first kappa shape index (κ1) is 8.53. The normalized spacial score (nSPS) is 9.55. The second kappa shape index (κ2) is 3.72. The van der Waals surface area contributed by atoms with Crippen LogP contribution in [0.15, 0.2) is 24.3 Å². The third kappa shape index (κ3) is 2.19. The molecule has 0 unspecified atom stereocenters. The lowest BCUT2D eigenvalue weighted by atomic mass is 9.95. The number of hydrogen-bond donors (Lipinski definition) is 0. The Morgan fingerprint density at radius 1 is 1.36 bits per heavy atom. The fourth-order valence-electron chi connectivity index (χ4n) is 0.817. The second-order valence-electron chi connectivity index (χ2n) is 2.42. The fraction of sp³-hybridized carbons (Fsp3) is 0.125. The number of carbonyl (C=O) groups excluding carboxylic acids is 1. The molecule has 1 rings (SSSR count). The minimum atomic E-state index is 0.130. The summed E-state index contributed by atoms with van der Waals surface area (Å²) in [7, 11) is 2.00. The van der Waals surface area contributed by atoms with Crippen LogP contribution in [0.2, 0.25) is 0 Å². The molecule has 56 valence electrons. The Bertz CT molecular complexity index is 255. The van der Waals surface area contributed by atoms with E-state index >= 15 is 0 Å². The summed E-state index contributed by atoms with van der Waals surface area (Å²) in [5.41, 5.74) is 1.95. The van der Waals surface area contributed by atoms with Gasteiger partial charge in [0.1, 0.15) is 7.85 Å². The van der Waals surface area contributed by atoms with E-state index < -0.39 is 0 Å². The van der Waals surface area contributed by atoms with Crippen molar-refractivity contribution in [2.45, 2.75) is 0 Å². The number of ketones is 1. The Balaban J connectivity index is 2.90. The van der Waals surface area contributed by atoms with Gasteiger partial charge < -0.3 is 0 Å². The predicted molar refractivity (Wildman–Crippen MR) is 52.7 cm³/mol. The lowest BCUT2D eigenvalue weighted by molar-refractivity contribution is 0.102. The molecule has 1 aromatic rings. The van der Waals surface area contributed by atoms with E-state index in [9.17, 15) is 4.79 Å². The number of Topliss-reactive ketones (excluding diaryl/α,β-unsaturated/α-hetero) is 1. The number of carbonyl (C=O) groups is 1. The molecule has 1 aromatic carbocycles. The smallest absolute Gasteiger partial charge is 0.173 e. The molecule has 0 bridgehead atoms. The average Bonchev–Trinajstić information content (AvgIpc) is 2.05. The highest BCUT2D eigenvalue weighted by atomic mass is 79.9. The van der Waals surface area contributed by atoms with Crippen molar-refractivity contribution in [1.82, 2.24) is 0 Å². The van der Waals surface area contributed by atoms with Gasteiger partial charge in [-0.15, -0.1) is 0 Å². The molecular formula is C8H8BBrO. The largest absolute Gasteiger partial charge is 0.293 e. The SMILES string of the molecule is Bc1ccc(C(=O)CBr)cc1. The van der Waals surface area contributed by atoms with Crippen molar-refractivity contribution >= 4 is 35.0 Å². The van der Waals surface area contributed by atoms with Crippen LogP contribution >= 0.6 is 15.9 Å². The summed E-state index contributed by atoms with van der Waals surface area (Å²) in [6, 6.07) is 7.57. The Kier molecular flexibility index (Phi) is 2.88. The Morgan fingerprint density at radius 2 is 1.91 bits per heavy atom. The highest BCUT2D eigenvalue weighted by Gasteiger charge is 2.00. The van der Waals surface area contributed by atoms with Crippen LogP contribution < -0.4 is 5.46 Å². The molecule has 0 aromatic heterocycles. The summed E-state index contributed by atoms with van der Waals surface area (Å²) >= 11 is 3.12. The molecule has 3 heteroatoms. The van der Waals surface area contributed by atoms with Crippen LogP contribution in [0.1, 0.15) is 10.4 Å². The monoisotopic (exact) mass is 210 g/mol. The standard InChI is InChI=1S/C8H8BBrO/c9-7-3-1-6(2-4-7)8(11)5-10/h1-4H,5,9H2. The van der Waals surface area contributed by atoms with Crippen molar-refractivity contribution in [1.29, 1.82) is 0 Å². The van der Waals surface area contributed by atoms with Crippen molar-refractivity contribution in [3.05, 3.63) is 29.8 Å². The molecule has 1 nitrogen and oxygen atoms in total. The first-order chi connectivity index (χ1) is 5.24. The van der Waals surface area contributed by atoms with Gasteiger partial charge in [0.05, 0.1) is 5.33 Å². The molecule has 0 spiro atoms. The maximum absolute atomic E-state index is 11.1. The van der Waals surface area contributed by atoms with Gasteiger partial charge in [0, 0.05) is 5.56 Å². The van der Waals surface area contributed by atoms with Gasteiger partial charge in [-0.1, -0.05) is 45.7 Å². The first-order valence-electron chi connectivity index (χ1n) is 3.40. The zero-order chi connectivity index (χ0) is 8.27. The van der Waals surface area contributed by atoms with Crippen LogP contribution in [-0.2, 0) is 0 Å². The van der Waals surface area contributed by atoms with E-state index in [0.717, 1.165) is 5.56 Å². The molecule has 11 heavy (non-hydrogen) atoms. The second-order valence-corrected chi connectivity index (χ2v) is 2.98. The summed E-state index contributed by atoms with van der Waals surface area (Å²) in [4.78, 5) is 11.1. The van der Waals surface area contributed by atoms with Gasteiger partial charge in [0.25, 0.3) is 0 Å². The van der Waals surface area contributed by atoms with Crippen molar-refractivity contribution < 1.29 is 4.79 Å². The Morgan fingerprint density at radius 3 is 2.36 bits per heavy atom. The van der Waals surface area contributed by atoms with Gasteiger partial charge in [0.15, 0.2) is 5.78 Å². The highest BCUT2D eigenvalue weighted by Crippen LogP contribution is 1.99. The molecule has 0 aliphatic heterocycles. The lowest BCUT2D eigenvalue weighted by Gasteiger charge is -1.96. The van der Waals surface area contributed by atoms with Crippen LogP contribution in [0.25, 0.3) is 0 Å². The molecule has 0 amide bonds. The van der Waals surface area contributed by atoms with Gasteiger partial charge in [-0.3, -0.25) is 4.79 Å². The number of alkyl halides is 1. The maximum atomic E-state index is 11.1. The molecule has 0 saturated heterocycles. The summed E-state index contributed by atoms with van der Waals surface area (Å²) in [6.45, 7) is 0. The van der Waals surface area contributed by atoms with E-state index in [2.05, 4.69) is 15.9 Å². The minimum Gasteiger partial charge on any atom is -0.293 e. The summed E-state index contributed by atoms with van der Waals surface area (Å²) in [6.07, 6.45) is 0. The molecule has 0 fully saturated rings. The van der Waals surface area contributed by atoms with Crippen molar-refractivity contribution in [2.75, 3.05) is 5.33 Å². The molecular weight excluding hydrogens is 203 g/mol. The molecule has 0 aliphatic carbocycles. The number of benzene rings is 1. The Labute approximate surface area is 75.3 Å². The van der Waals surface area contributed by atoms with Crippen LogP contribution in [0.3, 0.4) is 0 Å². The van der Waals surface area contributed by atoms with E-state index in [-0.39, 0.29) is 5.78 Å². The third-order valence-corrected chi connectivity index (χ3v) is 2.00. The topological polar surface area (TPSA) is 17.1 Å². The highest BCUT2D eigenvalue weighted by molar-refractivity contribution is 9.09. The average molecular weight is 211 g/mol. The third-order valence-electron chi connectivity index (χ3n) is 1.49. The summed E-state index contributed by atoms with van der Waals surface area (Å²) in [5, 5.41) is 0.399. The van der Waals surface area contributed by atoms with Crippen LogP contribution in [0, 0.1) is 0 Å². The van der Waals surface area contributed by atoms with Gasteiger partial charge >= 0.3 is 0 Å². The van der Waals surface area contributed by atoms with Crippen LogP contribution in [-0.4, -0.2) is 19.0 Å². The summed E-state index contributed by atoms with van der Waals surface area (Å²) in [5.74, 6) is 0.130. The molecule has 0 saturated carbocycles. The fourth-order valence-corrected chi connectivity index (χ4v) is 1.14. The summed E-state index contributed by atoms with van der Waals surface area (Å²) < 4.78 is 0. The molecule has 0 aliphatic rings. The van der Waals surface area contributed by atoms with Crippen LogP contribution in [0.4, 0.5) is 0 Å². The molecule has 0 radical (unpaired) electrons. The zero-order valence-corrected chi connectivity index (χ0v) is 7.89. The molecule has 0 atom stereocenters. The maximum Gasteiger partial charge on any atom is 0.173 e. The van der Waals surface area contributed by atoms with E-state index in [1.807, 2.05) is 32.1 Å². The van der Waals surface area contributed by atoms with Crippen molar-refractivity contribution in [2.24, 2.45) is 0 Å². The van der Waals surface area contributed by atoms with E-state index in [4.69, 9.17) is 0 Å². The quantitative estimate of drug-likeness (QED) is 0.396. The van der Waals surface area contributed by atoms with Gasteiger partial charge in [-0.25, -0.2) is 0 Å². The first-order valence-corrected chi connectivity index (χ1v) is 4.52. The molecule has 0 heterocycles. The van der Waals surface area contributed by atoms with Crippen molar-refractivity contribution in [3.63, 3.8) is 0 Å². The van der Waals surface area contributed by atoms with Gasteiger partial charge in [0.2, 0.25) is 0 Å². The lowest BCUT2D eigenvalue weighted by Crippen LogP contribution is -2.05. The van der Waals surface area contributed by atoms with Crippen molar-refractivity contribution in [3.8, 4) is 0 Å². The van der Waals surface area contributed by atoms with E-state index in [0.29, 0.717) is 5.33 Å².